The van der Waals surface area contributed by atoms with Crippen LogP contribution in [0.15, 0.2) is 22.7 Å². The van der Waals surface area contributed by atoms with Crippen LogP contribution in [0.2, 0.25) is 0 Å². The molecule has 2 rings (SSSR count). The van der Waals surface area contributed by atoms with Crippen molar-refractivity contribution < 1.29 is 0 Å². The van der Waals surface area contributed by atoms with Crippen molar-refractivity contribution in [3.05, 3.63) is 28.2 Å². The number of nitrogens with two attached hydrogens (primary N) is 1. The highest BCUT2D eigenvalue weighted by molar-refractivity contribution is 9.10. The van der Waals surface area contributed by atoms with E-state index in [1.54, 1.807) is 0 Å². The summed E-state index contributed by atoms with van der Waals surface area (Å²) in [6.07, 6.45) is 6.25. The van der Waals surface area contributed by atoms with Crippen molar-refractivity contribution in [2.45, 2.75) is 58.4 Å². The van der Waals surface area contributed by atoms with Gasteiger partial charge in [-0.2, -0.15) is 0 Å². The molecule has 0 spiro atoms. The van der Waals surface area contributed by atoms with Gasteiger partial charge in [0.25, 0.3) is 0 Å². The Morgan fingerprint density at radius 1 is 1.33 bits per heavy atom. The van der Waals surface area contributed by atoms with Gasteiger partial charge in [-0.3, -0.25) is 0 Å². The summed E-state index contributed by atoms with van der Waals surface area (Å²) < 4.78 is 1.13. The molecule has 21 heavy (non-hydrogen) atoms. The summed E-state index contributed by atoms with van der Waals surface area (Å²) >= 11 is 3.66. The van der Waals surface area contributed by atoms with Gasteiger partial charge in [0.05, 0.1) is 0 Å². The molecule has 1 aromatic carbocycles. The third kappa shape index (κ3) is 4.23. The SMILES string of the molecule is Cc1ccc(Br)c(NC2(CN)CCCC(C(C)C)CC2)c1. The van der Waals surface area contributed by atoms with E-state index in [1.165, 1.54) is 43.4 Å². The average molecular weight is 353 g/mol. The van der Waals surface area contributed by atoms with E-state index in [2.05, 4.69) is 60.2 Å². The molecule has 118 valence electrons. The zero-order valence-corrected chi connectivity index (χ0v) is 15.2. The summed E-state index contributed by atoms with van der Waals surface area (Å²) in [4.78, 5) is 0. The minimum Gasteiger partial charge on any atom is -0.377 e. The number of aryl methyl sites for hydroxylation is 1. The van der Waals surface area contributed by atoms with Gasteiger partial charge in [-0.1, -0.05) is 32.8 Å². The molecule has 0 bridgehead atoms. The molecule has 3 N–H and O–H groups in total. The zero-order valence-electron chi connectivity index (χ0n) is 13.6. The number of benzene rings is 1. The van der Waals surface area contributed by atoms with Crippen LogP contribution in [0.4, 0.5) is 5.69 Å². The Morgan fingerprint density at radius 2 is 2.10 bits per heavy atom. The normalized spacial score (nSPS) is 26.7. The molecule has 1 aliphatic carbocycles. The predicted octanol–water partition coefficient (Wildman–Crippen LogP) is 5.10. The Morgan fingerprint density at radius 3 is 2.76 bits per heavy atom. The summed E-state index contributed by atoms with van der Waals surface area (Å²) in [5.41, 5.74) is 8.71. The molecule has 0 amide bonds. The first-order valence-corrected chi connectivity index (χ1v) is 8.99. The smallest absolute Gasteiger partial charge is 0.0496 e. The second kappa shape index (κ2) is 7.15. The van der Waals surface area contributed by atoms with Gasteiger partial charge >= 0.3 is 0 Å². The third-order valence-electron chi connectivity index (χ3n) is 5.08. The first kappa shape index (κ1) is 16.8. The van der Waals surface area contributed by atoms with E-state index in [1.807, 2.05) is 0 Å². The fourth-order valence-corrected chi connectivity index (χ4v) is 3.85. The van der Waals surface area contributed by atoms with E-state index in [0.717, 1.165) is 16.3 Å². The molecule has 1 fully saturated rings. The van der Waals surface area contributed by atoms with Gasteiger partial charge in [-0.25, -0.2) is 0 Å². The van der Waals surface area contributed by atoms with Gasteiger partial charge in [0.2, 0.25) is 0 Å². The Kier molecular flexibility index (Phi) is 5.73. The molecule has 3 heteroatoms. The lowest BCUT2D eigenvalue weighted by atomic mass is 9.86. The van der Waals surface area contributed by atoms with E-state index >= 15 is 0 Å². The Bertz CT molecular complexity index is 472. The van der Waals surface area contributed by atoms with Gasteiger partial charge < -0.3 is 11.1 Å². The summed E-state index contributed by atoms with van der Waals surface area (Å²) in [6, 6.07) is 6.47. The topological polar surface area (TPSA) is 38.0 Å². The fourth-order valence-electron chi connectivity index (χ4n) is 3.50. The van der Waals surface area contributed by atoms with Gasteiger partial charge in [0.1, 0.15) is 0 Å². The summed E-state index contributed by atoms with van der Waals surface area (Å²) in [5, 5.41) is 3.78. The quantitative estimate of drug-likeness (QED) is 0.739. The van der Waals surface area contributed by atoms with E-state index in [0.29, 0.717) is 6.54 Å². The Labute approximate surface area is 138 Å². The van der Waals surface area contributed by atoms with Crippen LogP contribution < -0.4 is 11.1 Å². The lowest BCUT2D eigenvalue weighted by Gasteiger charge is -2.34. The molecule has 2 nitrogen and oxygen atoms in total. The van der Waals surface area contributed by atoms with Gasteiger partial charge in [-0.05, 0) is 71.6 Å². The lowest BCUT2D eigenvalue weighted by Crippen LogP contribution is -2.45. The first-order valence-electron chi connectivity index (χ1n) is 8.20. The van der Waals surface area contributed by atoms with Crippen LogP contribution >= 0.6 is 15.9 Å². The van der Waals surface area contributed by atoms with Crippen LogP contribution in [0.25, 0.3) is 0 Å². The minimum absolute atomic E-state index is 0.0555. The van der Waals surface area contributed by atoms with Gasteiger partial charge in [-0.15, -0.1) is 0 Å². The standard InChI is InChI=1S/C18H29BrN2/c1-13(2)15-5-4-9-18(12-20,10-8-15)21-17-11-14(3)6-7-16(17)19/h6-7,11,13,15,21H,4-5,8-10,12,20H2,1-3H3. The Hall–Kier alpha value is -0.540. The molecule has 0 heterocycles. The van der Waals surface area contributed by atoms with Gasteiger partial charge in [0, 0.05) is 22.2 Å². The van der Waals surface area contributed by atoms with Crippen molar-refractivity contribution >= 4 is 21.6 Å². The summed E-state index contributed by atoms with van der Waals surface area (Å²) in [7, 11) is 0. The summed E-state index contributed by atoms with van der Waals surface area (Å²) in [5.74, 6) is 1.63. The highest BCUT2D eigenvalue weighted by Crippen LogP contribution is 2.37. The molecule has 0 aliphatic heterocycles. The van der Waals surface area contributed by atoms with E-state index in [4.69, 9.17) is 5.73 Å². The van der Waals surface area contributed by atoms with Crippen LogP contribution in [-0.2, 0) is 0 Å². The van der Waals surface area contributed by atoms with Crippen molar-refractivity contribution in [3.8, 4) is 0 Å². The first-order chi connectivity index (χ1) is 9.96. The molecule has 0 radical (unpaired) electrons. The second-order valence-electron chi connectivity index (χ2n) is 7.03. The molecule has 0 saturated heterocycles. The van der Waals surface area contributed by atoms with Crippen LogP contribution in [0.5, 0.6) is 0 Å². The molecule has 1 saturated carbocycles. The Balaban J connectivity index is 2.16. The molecular formula is C18H29BrN2. The summed E-state index contributed by atoms with van der Waals surface area (Å²) in [6.45, 7) is 7.54. The van der Waals surface area contributed by atoms with Crippen molar-refractivity contribution in [3.63, 3.8) is 0 Å². The maximum atomic E-state index is 6.19. The maximum absolute atomic E-state index is 6.19. The lowest BCUT2D eigenvalue weighted by molar-refractivity contribution is 0.332. The average Bonchev–Trinajstić information content (AvgIpc) is 2.66. The molecule has 0 aromatic heterocycles. The maximum Gasteiger partial charge on any atom is 0.0496 e. The number of hydrogen-bond acceptors (Lipinski definition) is 2. The van der Waals surface area contributed by atoms with Crippen molar-refractivity contribution in [2.24, 2.45) is 17.6 Å². The number of hydrogen-bond donors (Lipinski definition) is 2. The fraction of sp³-hybridized carbons (Fsp3) is 0.667. The monoisotopic (exact) mass is 352 g/mol. The van der Waals surface area contributed by atoms with Crippen molar-refractivity contribution in [1.82, 2.24) is 0 Å². The van der Waals surface area contributed by atoms with Crippen molar-refractivity contribution in [2.75, 3.05) is 11.9 Å². The highest BCUT2D eigenvalue weighted by Gasteiger charge is 2.33. The predicted molar refractivity (Wildman–Crippen MR) is 95.7 cm³/mol. The molecule has 1 aromatic rings. The molecule has 2 unspecified atom stereocenters. The van der Waals surface area contributed by atoms with Crippen LogP contribution in [-0.4, -0.2) is 12.1 Å². The number of rotatable bonds is 4. The third-order valence-corrected chi connectivity index (χ3v) is 5.77. The highest BCUT2D eigenvalue weighted by atomic mass is 79.9. The van der Waals surface area contributed by atoms with Crippen LogP contribution in [0, 0.1) is 18.8 Å². The van der Waals surface area contributed by atoms with Crippen molar-refractivity contribution in [1.29, 1.82) is 0 Å². The van der Waals surface area contributed by atoms with Gasteiger partial charge in [0.15, 0.2) is 0 Å². The van der Waals surface area contributed by atoms with Crippen LogP contribution in [0.1, 0.15) is 51.5 Å². The van der Waals surface area contributed by atoms with E-state index in [-0.39, 0.29) is 5.54 Å². The van der Waals surface area contributed by atoms with E-state index < -0.39 is 0 Å². The minimum atomic E-state index is 0.0555. The largest absolute Gasteiger partial charge is 0.377 e. The molecule has 2 atom stereocenters. The second-order valence-corrected chi connectivity index (χ2v) is 7.88. The number of halogens is 1. The number of anilines is 1. The van der Waals surface area contributed by atoms with Crippen LogP contribution in [0.3, 0.4) is 0 Å². The van der Waals surface area contributed by atoms with E-state index in [9.17, 15) is 0 Å². The molecule has 1 aliphatic rings. The number of nitrogens with one attached hydrogen (secondary N) is 1. The molecular weight excluding hydrogens is 324 g/mol. The zero-order chi connectivity index (χ0) is 15.5.